The van der Waals surface area contributed by atoms with Gasteiger partial charge in [0.1, 0.15) is 0 Å². The summed E-state index contributed by atoms with van der Waals surface area (Å²) < 4.78 is 66.0. The predicted octanol–water partition coefficient (Wildman–Crippen LogP) is 5.45. The zero-order valence-electron chi connectivity index (χ0n) is 17.5. The molecule has 5 nitrogen and oxygen atoms in total. The summed E-state index contributed by atoms with van der Waals surface area (Å²) in [6.45, 7) is 4.65. The molecule has 2 aromatic carbocycles. The van der Waals surface area contributed by atoms with Gasteiger partial charge in [0.2, 0.25) is 0 Å². The Labute approximate surface area is 181 Å². The molecule has 0 bridgehead atoms. The molecular formula is C22H27F3N2O3S. The summed E-state index contributed by atoms with van der Waals surface area (Å²) in [4.78, 5) is 12.3. The monoisotopic (exact) mass is 456 g/mol. The van der Waals surface area contributed by atoms with Gasteiger partial charge in [0, 0.05) is 17.8 Å². The highest BCUT2D eigenvalue weighted by Crippen LogP contribution is 2.31. The van der Waals surface area contributed by atoms with Gasteiger partial charge < -0.3 is 5.32 Å². The van der Waals surface area contributed by atoms with Crippen molar-refractivity contribution in [2.75, 3.05) is 11.3 Å². The Kier molecular flexibility index (Phi) is 8.50. The minimum atomic E-state index is -4.59. The lowest BCUT2D eigenvalue weighted by Gasteiger charge is -2.15. The summed E-state index contributed by atoms with van der Waals surface area (Å²) in [5.41, 5.74) is -1.02. The quantitative estimate of drug-likeness (QED) is 0.499. The summed E-state index contributed by atoms with van der Waals surface area (Å²) in [5.74, 6) is -0.0514. The molecule has 0 aliphatic rings. The zero-order valence-corrected chi connectivity index (χ0v) is 18.3. The molecule has 0 fully saturated rings. The fraction of sp³-hybridized carbons (Fsp3) is 0.409. The van der Waals surface area contributed by atoms with E-state index in [1.54, 1.807) is 0 Å². The Hall–Kier alpha value is -2.55. The highest BCUT2D eigenvalue weighted by molar-refractivity contribution is 7.92. The van der Waals surface area contributed by atoms with Gasteiger partial charge in [-0.3, -0.25) is 9.52 Å². The number of amides is 1. The molecule has 0 unspecified atom stereocenters. The summed E-state index contributed by atoms with van der Waals surface area (Å²) >= 11 is 0. The van der Waals surface area contributed by atoms with Crippen molar-refractivity contribution in [1.82, 2.24) is 5.32 Å². The number of carbonyl (C=O) groups excluding carboxylic acids is 1. The number of sulfonamides is 1. The molecule has 0 heterocycles. The number of benzene rings is 2. The first-order valence-electron chi connectivity index (χ1n) is 10.1. The van der Waals surface area contributed by atoms with Crippen LogP contribution in [0.5, 0.6) is 0 Å². The Morgan fingerprint density at radius 3 is 2.42 bits per heavy atom. The van der Waals surface area contributed by atoms with Gasteiger partial charge in [-0.15, -0.1) is 0 Å². The average Bonchev–Trinajstić information content (AvgIpc) is 2.73. The van der Waals surface area contributed by atoms with Crippen molar-refractivity contribution < 1.29 is 26.4 Å². The minimum Gasteiger partial charge on any atom is -0.352 e. The molecule has 31 heavy (non-hydrogen) atoms. The zero-order chi connectivity index (χ0) is 23.1. The Balaban J connectivity index is 2.13. The molecule has 0 aliphatic carbocycles. The number of hydrogen-bond donors (Lipinski definition) is 2. The van der Waals surface area contributed by atoms with Gasteiger partial charge in [0.15, 0.2) is 0 Å². The van der Waals surface area contributed by atoms with E-state index in [1.165, 1.54) is 30.3 Å². The summed E-state index contributed by atoms with van der Waals surface area (Å²) in [6, 6.07) is 9.32. The van der Waals surface area contributed by atoms with Crippen LogP contribution in [0.15, 0.2) is 53.4 Å². The van der Waals surface area contributed by atoms with E-state index in [0.717, 1.165) is 43.9 Å². The SMILES string of the molecule is CCCC[C@@H](CC)CNC(=O)c1cccc(S(=O)(=O)Nc2cccc(C(F)(F)F)c2)c1. The standard InChI is InChI=1S/C22H27F3N2O3S/c1-3-5-8-16(4-2)15-26-21(28)17-9-6-12-20(13-17)31(29,30)27-19-11-7-10-18(14-19)22(23,24)25/h6-7,9-14,16,27H,3-5,8,15H2,1-2H3,(H,26,28)/t16-/m1/s1. The number of anilines is 1. The maximum absolute atomic E-state index is 12.9. The van der Waals surface area contributed by atoms with E-state index in [-0.39, 0.29) is 16.1 Å². The Bertz CT molecular complexity index is 991. The van der Waals surface area contributed by atoms with E-state index < -0.39 is 27.7 Å². The van der Waals surface area contributed by atoms with Crippen LogP contribution in [-0.2, 0) is 16.2 Å². The molecule has 2 aromatic rings. The molecular weight excluding hydrogens is 429 g/mol. The molecule has 170 valence electrons. The fourth-order valence-electron chi connectivity index (χ4n) is 3.06. The van der Waals surface area contributed by atoms with Crippen LogP contribution in [0.4, 0.5) is 18.9 Å². The molecule has 0 saturated carbocycles. The lowest BCUT2D eigenvalue weighted by molar-refractivity contribution is -0.137. The fourth-order valence-corrected chi connectivity index (χ4v) is 4.15. The van der Waals surface area contributed by atoms with E-state index >= 15 is 0 Å². The van der Waals surface area contributed by atoms with E-state index in [0.29, 0.717) is 12.5 Å². The smallest absolute Gasteiger partial charge is 0.352 e. The van der Waals surface area contributed by atoms with Crippen molar-refractivity contribution >= 4 is 21.6 Å². The van der Waals surface area contributed by atoms with Crippen molar-refractivity contribution in [2.45, 2.75) is 50.6 Å². The maximum atomic E-state index is 12.9. The van der Waals surface area contributed by atoms with Crippen LogP contribution in [0, 0.1) is 5.92 Å². The van der Waals surface area contributed by atoms with E-state index in [2.05, 4.69) is 23.9 Å². The van der Waals surface area contributed by atoms with Gasteiger partial charge in [-0.2, -0.15) is 13.2 Å². The Morgan fingerprint density at radius 1 is 1.06 bits per heavy atom. The van der Waals surface area contributed by atoms with Crippen LogP contribution in [0.25, 0.3) is 0 Å². The molecule has 2 rings (SSSR count). The lowest BCUT2D eigenvalue weighted by Crippen LogP contribution is -2.29. The van der Waals surface area contributed by atoms with Crippen LogP contribution >= 0.6 is 0 Å². The number of rotatable bonds is 10. The van der Waals surface area contributed by atoms with Gasteiger partial charge >= 0.3 is 6.18 Å². The normalized spacial score (nSPS) is 12.9. The topological polar surface area (TPSA) is 75.3 Å². The third kappa shape index (κ3) is 7.27. The van der Waals surface area contributed by atoms with Crippen LogP contribution in [-0.4, -0.2) is 20.9 Å². The van der Waals surface area contributed by atoms with Crippen LogP contribution < -0.4 is 10.0 Å². The number of nitrogens with one attached hydrogen (secondary N) is 2. The second-order valence-electron chi connectivity index (χ2n) is 7.34. The molecule has 9 heteroatoms. The molecule has 1 amide bonds. The van der Waals surface area contributed by atoms with Crippen LogP contribution in [0.2, 0.25) is 0 Å². The average molecular weight is 457 g/mol. The first kappa shape index (κ1) is 24.7. The predicted molar refractivity (Wildman–Crippen MR) is 114 cm³/mol. The molecule has 0 saturated heterocycles. The van der Waals surface area contributed by atoms with Gasteiger partial charge in [-0.25, -0.2) is 8.42 Å². The summed E-state index contributed by atoms with van der Waals surface area (Å²) in [7, 11) is -4.18. The summed E-state index contributed by atoms with van der Waals surface area (Å²) in [6.07, 6.45) is -0.516. The van der Waals surface area contributed by atoms with Crippen LogP contribution in [0.1, 0.15) is 55.5 Å². The minimum absolute atomic E-state index is 0.164. The highest BCUT2D eigenvalue weighted by Gasteiger charge is 2.30. The number of halogens is 3. The van der Waals surface area contributed by atoms with Crippen molar-refractivity contribution in [3.63, 3.8) is 0 Å². The summed E-state index contributed by atoms with van der Waals surface area (Å²) in [5, 5.41) is 2.83. The van der Waals surface area contributed by atoms with Crippen molar-refractivity contribution in [3.8, 4) is 0 Å². The van der Waals surface area contributed by atoms with Gasteiger partial charge in [0.05, 0.1) is 10.5 Å². The molecule has 2 N–H and O–H groups in total. The van der Waals surface area contributed by atoms with E-state index in [4.69, 9.17) is 0 Å². The second-order valence-corrected chi connectivity index (χ2v) is 9.02. The number of unbranched alkanes of at least 4 members (excludes halogenated alkanes) is 1. The van der Waals surface area contributed by atoms with Gasteiger partial charge in [0.25, 0.3) is 15.9 Å². The number of hydrogen-bond acceptors (Lipinski definition) is 3. The van der Waals surface area contributed by atoms with Crippen molar-refractivity contribution in [3.05, 3.63) is 59.7 Å². The van der Waals surface area contributed by atoms with Crippen LogP contribution in [0.3, 0.4) is 0 Å². The first-order chi connectivity index (χ1) is 14.6. The number of alkyl halides is 3. The van der Waals surface area contributed by atoms with E-state index in [9.17, 15) is 26.4 Å². The maximum Gasteiger partial charge on any atom is 0.416 e. The van der Waals surface area contributed by atoms with E-state index in [1.807, 2.05) is 0 Å². The third-order valence-corrected chi connectivity index (χ3v) is 6.32. The molecule has 0 aliphatic heterocycles. The van der Waals surface area contributed by atoms with Gasteiger partial charge in [-0.05, 0) is 48.7 Å². The number of carbonyl (C=O) groups is 1. The first-order valence-corrected chi connectivity index (χ1v) is 11.6. The second kappa shape index (κ2) is 10.7. The third-order valence-electron chi connectivity index (χ3n) is 4.94. The Morgan fingerprint density at radius 2 is 1.77 bits per heavy atom. The van der Waals surface area contributed by atoms with Crippen molar-refractivity contribution in [1.29, 1.82) is 0 Å². The largest absolute Gasteiger partial charge is 0.416 e. The molecule has 1 atom stereocenters. The highest BCUT2D eigenvalue weighted by atomic mass is 32.2. The molecule has 0 radical (unpaired) electrons. The van der Waals surface area contributed by atoms with Crippen molar-refractivity contribution in [2.24, 2.45) is 5.92 Å². The lowest BCUT2D eigenvalue weighted by atomic mass is 9.99. The molecule has 0 spiro atoms. The molecule has 0 aromatic heterocycles. The van der Waals surface area contributed by atoms with Gasteiger partial charge in [-0.1, -0.05) is 45.2 Å².